The number of anilines is 1. The minimum absolute atomic E-state index is 0.0259. The highest BCUT2D eigenvalue weighted by Gasteiger charge is 2.43. The number of amides is 5. The van der Waals surface area contributed by atoms with Gasteiger partial charge < -0.3 is 5.32 Å². The molecule has 1 aliphatic heterocycles. The van der Waals surface area contributed by atoms with Gasteiger partial charge in [-0.25, -0.2) is 4.79 Å². The van der Waals surface area contributed by atoms with E-state index in [0.717, 1.165) is 15.4 Å². The lowest BCUT2D eigenvalue weighted by Crippen LogP contribution is -2.33. The van der Waals surface area contributed by atoms with Crippen molar-refractivity contribution in [3.8, 4) is 0 Å². The van der Waals surface area contributed by atoms with Crippen LogP contribution in [0.15, 0.2) is 42.5 Å². The predicted molar refractivity (Wildman–Crippen MR) is 109 cm³/mol. The second-order valence-corrected chi connectivity index (χ2v) is 7.15. The highest BCUT2D eigenvalue weighted by atomic mass is 35.5. The van der Waals surface area contributed by atoms with Gasteiger partial charge in [0.1, 0.15) is 0 Å². The van der Waals surface area contributed by atoms with Crippen LogP contribution in [0.4, 0.5) is 10.5 Å². The summed E-state index contributed by atoms with van der Waals surface area (Å²) in [5, 5.41) is 3.41. The second-order valence-electron chi connectivity index (χ2n) is 6.75. The molecule has 0 aliphatic carbocycles. The molecule has 1 fully saturated rings. The maximum atomic E-state index is 12.4. The quantitative estimate of drug-likeness (QED) is 0.579. The number of halogens is 1. The number of carbonyl (C=O) groups is 4. The molecular formula is C21H20ClN3O4. The topological polar surface area (TPSA) is 86.8 Å². The smallest absolute Gasteiger partial charge is 0.322 e. The summed E-state index contributed by atoms with van der Waals surface area (Å²) in [5.74, 6) is -1.93. The molecule has 5 amide bonds. The van der Waals surface area contributed by atoms with E-state index >= 15 is 0 Å². The fourth-order valence-electron chi connectivity index (χ4n) is 2.98. The van der Waals surface area contributed by atoms with Gasteiger partial charge in [0.15, 0.2) is 0 Å². The zero-order valence-electron chi connectivity index (χ0n) is 16.1. The number of carbonyl (C=O) groups excluding carboxylic acids is 4. The van der Waals surface area contributed by atoms with Gasteiger partial charge in [-0.1, -0.05) is 30.7 Å². The third-order valence-electron chi connectivity index (χ3n) is 4.55. The van der Waals surface area contributed by atoms with Crippen LogP contribution in [0.1, 0.15) is 34.8 Å². The molecule has 1 N–H and O–H groups in total. The van der Waals surface area contributed by atoms with Crippen LogP contribution in [-0.2, 0) is 16.1 Å². The van der Waals surface area contributed by atoms with Crippen LogP contribution in [-0.4, -0.2) is 40.1 Å². The van der Waals surface area contributed by atoms with Crippen molar-refractivity contribution >= 4 is 41.0 Å². The molecule has 1 aliphatic rings. The number of rotatable bonds is 6. The summed E-state index contributed by atoms with van der Waals surface area (Å²) < 4.78 is 0. The van der Waals surface area contributed by atoms with E-state index in [9.17, 15) is 19.2 Å². The van der Waals surface area contributed by atoms with E-state index in [1.54, 1.807) is 42.5 Å². The van der Waals surface area contributed by atoms with Crippen LogP contribution in [0, 0.1) is 6.92 Å². The van der Waals surface area contributed by atoms with E-state index in [0.29, 0.717) is 28.3 Å². The minimum atomic E-state index is -0.830. The van der Waals surface area contributed by atoms with Crippen molar-refractivity contribution in [2.75, 3.05) is 11.9 Å². The van der Waals surface area contributed by atoms with E-state index in [1.807, 2.05) is 13.8 Å². The molecule has 1 heterocycles. The van der Waals surface area contributed by atoms with Gasteiger partial charge in [0.25, 0.3) is 5.91 Å². The maximum absolute atomic E-state index is 12.4. The Hall–Kier alpha value is -3.19. The number of nitrogens with zero attached hydrogens (tertiary/aromatic N) is 2. The third kappa shape index (κ3) is 4.30. The fourth-order valence-corrected chi connectivity index (χ4v) is 3.10. The molecule has 8 heteroatoms. The lowest BCUT2D eigenvalue weighted by atomic mass is 10.1. The number of urea groups is 1. The Labute approximate surface area is 173 Å². The van der Waals surface area contributed by atoms with Crippen molar-refractivity contribution in [1.29, 1.82) is 0 Å². The average molecular weight is 414 g/mol. The molecule has 2 aromatic carbocycles. The van der Waals surface area contributed by atoms with Crippen LogP contribution in [0.3, 0.4) is 0 Å². The maximum Gasteiger partial charge on any atom is 0.334 e. The highest BCUT2D eigenvalue weighted by Crippen LogP contribution is 2.20. The first-order valence-electron chi connectivity index (χ1n) is 9.15. The summed E-state index contributed by atoms with van der Waals surface area (Å²) >= 11 is 5.99. The van der Waals surface area contributed by atoms with Gasteiger partial charge in [-0.2, -0.15) is 0 Å². The summed E-state index contributed by atoms with van der Waals surface area (Å²) in [6, 6.07) is 11.1. The third-order valence-corrected chi connectivity index (χ3v) is 4.98. The summed E-state index contributed by atoms with van der Waals surface area (Å²) in [6.45, 7) is 3.86. The normalized spacial score (nSPS) is 14.0. The number of hydrogen-bond donors (Lipinski definition) is 1. The molecule has 3 rings (SSSR count). The summed E-state index contributed by atoms with van der Waals surface area (Å²) in [6.07, 6.45) is 0.579. The lowest BCUT2D eigenvalue weighted by molar-refractivity contribution is -0.143. The molecule has 0 unspecified atom stereocenters. The molecule has 0 aromatic heterocycles. The Balaban J connectivity index is 1.67. The Morgan fingerprint density at radius 2 is 1.66 bits per heavy atom. The number of hydrogen-bond acceptors (Lipinski definition) is 4. The molecule has 150 valence electrons. The fraction of sp³-hybridized carbons (Fsp3) is 0.238. The molecule has 0 radical (unpaired) electrons. The van der Waals surface area contributed by atoms with Crippen LogP contribution in [0.25, 0.3) is 0 Å². The number of aryl methyl sites for hydroxylation is 1. The first-order valence-corrected chi connectivity index (χ1v) is 9.53. The predicted octanol–water partition coefficient (Wildman–Crippen LogP) is 3.60. The van der Waals surface area contributed by atoms with Crippen molar-refractivity contribution < 1.29 is 19.2 Å². The summed E-state index contributed by atoms with van der Waals surface area (Å²) in [5.41, 5.74) is 2.54. The average Bonchev–Trinajstić information content (AvgIpc) is 2.90. The minimum Gasteiger partial charge on any atom is -0.322 e. The van der Waals surface area contributed by atoms with Crippen LogP contribution in [0.2, 0.25) is 5.02 Å². The first-order chi connectivity index (χ1) is 13.8. The molecule has 2 aromatic rings. The SMILES string of the molecule is CCCN1C(=O)C(=O)N(Cc2ccc(C(=O)Nc3ccc(Cl)c(C)c3)cc2)C1=O. The first kappa shape index (κ1) is 20.5. The van der Waals surface area contributed by atoms with Gasteiger partial charge in [-0.15, -0.1) is 0 Å². The van der Waals surface area contributed by atoms with Gasteiger partial charge in [0.2, 0.25) is 0 Å². The molecule has 7 nitrogen and oxygen atoms in total. The van der Waals surface area contributed by atoms with Gasteiger partial charge in [0, 0.05) is 22.8 Å². The largest absolute Gasteiger partial charge is 0.334 e. The van der Waals surface area contributed by atoms with E-state index < -0.39 is 17.8 Å². The van der Waals surface area contributed by atoms with E-state index in [2.05, 4.69) is 5.32 Å². The lowest BCUT2D eigenvalue weighted by Gasteiger charge is -2.15. The van der Waals surface area contributed by atoms with E-state index in [-0.39, 0.29) is 19.0 Å². The summed E-state index contributed by atoms with van der Waals surface area (Å²) in [4.78, 5) is 50.6. The van der Waals surface area contributed by atoms with E-state index in [1.165, 1.54) is 0 Å². The van der Waals surface area contributed by atoms with Crippen molar-refractivity contribution in [1.82, 2.24) is 9.80 Å². The molecule has 1 saturated heterocycles. The number of imide groups is 2. The Morgan fingerprint density at radius 3 is 2.28 bits per heavy atom. The number of nitrogens with one attached hydrogen (secondary N) is 1. The van der Waals surface area contributed by atoms with Crippen molar-refractivity contribution in [3.05, 3.63) is 64.2 Å². The molecule has 0 spiro atoms. The molecule has 0 atom stereocenters. The van der Waals surface area contributed by atoms with Gasteiger partial charge in [-0.05, 0) is 54.8 Å². The number of benzene rings is 2. The van der Waals surface area contributed by atoms with Gasteiger partial charge >= 0.3 is 17.8 Å². The van der Waals surface area contributed by atoms with Crippen molar-refractivity contribution in [2.24, 2.45) is 0 Å². The van der Waals surface area contributed by atoms with Gasteiger partial charge in [-0.3, -0.25) is 24.2 Å². The zero-order chi connectivity index (χ0) is 21.1. The van der Waals surface area contributed by atoms with Crippen LogP contribution >= 0.6 is 11.6 Å². The van der Waals surface area contributed by atoms with Crippen LogP contribution in [0.5, 0.6) is 0 Å². The molecule has 0 saturated carbocycles. The molecule has 0 bridgehead atoms. The second kappa shape index (κ2) is 8.45. The van der Waals surface area contributed by atoms with E-state index in [4.69, 9.17) is 11.6 Å². The zero-order valence-corrected chi connectivity index (χ0v) is 16.8. The molecule has 29 heavy (non-hydrogen) atoms. The Morgan fingerprint density at radius 1 is 1.00 bits per heavy atom. The summed E-state index contributed by atoms with van der Waals surface area (Å²) in [7, 11) is 0. The Kier molecular flexibility index (Phi) is 5.98. The molecular weight excluding hydrogens is 394 g/mol. The standard InChI is InChI=1S/C21H20ClN3O4/c1-3-10-24-19(27)20(28)25(21(24)29)12-14-4-6-15(7-5-14)18(26)23-16-8-9-17(22)13(2)11-16/h4-9,11H,3,10,12H2,1-2H3,(H,23,26). The highest BCUT2D eigenvalue weighted by molar-refractivity contribution is 6.44. The van der Waals surface area contributed by atoms with Gasteiger partial charge in [0.05, 0.1) is 6.54 Å². The Bertz CT molecular complexity index is 988. The monoisotopic (exact) mass is 413 g/mol. The van der Waals surface area contributed by atoms with Crippen LogP contribution < -0.4 is 5.32 Å². The van der Waals surface area contributed by atoms with Crippen molar-refractivity contribution in [2.45, 2.75) is 26.8 Å². The van der Waals surface area contributed by atoms with Crippen molar-refractivity contribution in [3.63, 3.8) is 0 Å².